The number of carbonyl (C=O) groups is 1. The first-order valence-corrected chi connectivity index (χ1v) is 13.7. The van der Waals surface area contributed by atoms with E-state index in [0.717, 1.165) is 87.1 Å². The fourth-order valence-electron chi connectivity index (χ4n) is 6.04. The number of amides is 1. The number of rotatable bonds is 5. The van der Waals surface area contributed by atoms with Gasteiger partial charge >= 0.3 is 0 Å². The van der Waals surface area contributed by atoms with Crippen LogP contribution in [0.5, 0.6) is 5.75 Å². The van der Waals surface area contributed by atoms with Gasteiger partial charge in [0.05, 0.1) is 12.8 Å². The fourth-order valence-corrected chi connectivity index (χ4v) is 6.45. The van der Waals surface area contributed by atoms with Crippen molar-refractivity contribution in [2.75, 3.05) is 49.6 Å². The molecule has 2 fully saturated rings. The van der Waals surface area contributed by atoms with E-state index in [4.69, 9.17) is 4.74 Å². The third kappa shape index (κ3) is 5.36. The average Bonchev–Trinajstić information content (AvgIpc) is 2.89. The average molecular weight is 545 g/mol. The Morgan fingerprint density at radius 1 is 1.00 bits per heavy atom. The number of methoxy groups -OCH3 is 1. The second-order valence-corrected chi connectivity index (χ2v) is 11.0. The molecular weight excluding hydrogens is 509 g/mol. The minimum atomic E-state index is -0.281. The van der Waals surface area contributed by atoms with Gasteiger partial charge in [0.2, 0.25) is 5.91 Å². The van der Waals surface area contributed by atoms with Crippen LogP contribution in [0.2, 0.25) is 0 Å². The fraction of sp³-hybridized carbons (Fsp3) is 0.536. The second kappa shape index (κ2) is 10.9. The minimum absolute atomic E-state index is 0.156. The molecule has 2 heterocycles. The van der Waals surface area contributed by atoms with Gasteiger partial charge in [-0.25, -0.2) is 4.39 Å². The molecule has 1 unspecified atom stereocenters. The number of piperazine rings is 1. The maximum atomic E-state index is 13.8. The number of hydrogen-bond donors (Lipinski definition) is 0. The van der Waals surface area contributed by atoms with Gasteiger partial charge in [-0.2, -0.15) is 0 Å². The van der Waals surface area contributed by atoms with Gasteiger partial charge in [-0.1, -0.05) is 35.2 Å². The van der Waals surface area contributed by atoms with Crippen molar-refractivity contribution in [2.45, 2.75) is 51.0 Å². The highest BCUT2D eigenvalue weighted by Gasteiger charge is 2.36. The van der Waals surface area contributed by atoms with E-state index in [1.807, 2.05) is 6.07 Å². The third-order valence-electron chi connectivity index (χ3n) is 7.93. The highest BCUT2D eigenvalue weighted by molar-refractivity contribution is 9.10. The Kier molecular flexibility index (Phi) is 7.63. The van der Waals surface area contributed by atoms with Crippen molar-refractivity contribution >= 4 is 33.2 Å². The lowest BCUT2D eigenvalue weighted by Gasteiger charge is -2.44. The van der Waals surface area contributed by atoms with Crippen LogP contribution in [0.15, 0.2) is 40.9 Å². The van der Waals surface area contributed by atoms with E-state index in [1.165, 1.54) is 24.1 Å². The lowest BCUT2D eigenvalue weighted by Crippen LogP contribution is -2.55. The van der Waals surface area contributed by atoms with Gasteiger partial charge < -0.3 is 14.5 Å². The van der Waals surface area contributed by atoms with E-state index in [2.05, 4.69) is 48.8 Å². The molecule has 0 bridgehead atoms. The zero-order chi connectivity index (χ0) is 24.4. The first-order valence-electron chi connectivity index (χ1n) is 13.0. The lowest BCUT2D eigenvalue weighted by atomic mass is 9.86. The topological polar surface area (TPSA) is 36.0 Å². The van der Waals surface area contributed by atoms with Gasteiger partial charge in [0.25, 0.3) is 0 Å². The summed E-state index contributed by atoms with van der Waals surface area (Å²) in [5.41, 5.74) is 3.32. The van der Waals surface area contributed by atoms with Gasteiger partial charge in [0.1, 0.15) is 11.6 Å². The number of halogens is 2. The number of hydrogen-bond acceptors (Lipinski definition) is 4. The van der Waals surface area contributed by atoms with Gasteiger partial charge in [0, 0.05) is 60.9 Å². The molecular formula is C28H35BrFN3O2. The quantitative estimate of drug-likeness (QED) is 0.488. The van der Waals surface area contributed by atoms with Crippen molar-refractivity contribution in [3.05, 3.63) is 52.3 Å². The molecule has 2 aromatic rings. The standard InChI is InChI=1S/C28H35BrFN3O2/c1-35-27-18-23(30)9-12-26(27)32-15-13-31(14-16-32)19-24-10-7-21-17-22(29)8-11-25(21)33(24)28(34)20-5-3-2-4-6-20/h8-9,11-12,17-18,20,24H,2-7,10,13-16,19H2,1H3. The molecule has 7 heteroatoms. The smallest absolute Gasteiger partial charge is 0.230 e. The summed E-state index contributed by atoms with van der Waals surface area (Å²) in [7, 11) is 1.59. The van der Waals surface area contributed by atoms with E-state index < -0.39 is 0 Å². The second-order valence-electron chi connectivity index (χ2n) is 10.1. The highest BCUT2D eigenvalue weighted by atomic mass is 79.9. The molecule has 5 nitrogen and oxygen atoms in total. The number of aryl methyl sites for hydroxylation is 1. The van der Waals surface area contributed by atoms with Crippen LogP contribution in [0, 0.1) is 11.7 Å². The summed E-state index contributed by atoms with van der Waals surface area (Å²) in [6.45, 7) is 4.43. The molecule has 3 aliphatic rings. The predicted octanol–water partition coefficient (Wildman–Crippen LogP) is 5.65. The van der Waals surface area contributed by atoms with Crippen molar-refractivity contribution in [1.82, 2.24) is 4.90 Å². The summed E-state index contributed by atoms with van der Waals surface area (Å²) < 4.78 is 20.1. The molecule has 0 spiro atoms. The molecule has 2 aromatic carbocycles. The van der Waals surface area contributed by atoms with E-state index in [9.17, 15) is 9.18 Å². The van der Waals surface area contributed by atoms with Crippen molar-refractivity contribution in [3.63, 3.8) is 0 Å². The lowest BCUT2D eigenvalue weighted by molar-refractivity contribution is -0.124. The summed E-state index contributed by atoms with van der Waals surface area (Å²) >= 11 is 3.61. The monoisotopic (exact) mass is 543 g/mol. The maximum absolute atomic E-state index is 13.8. The molecule has 1 atom stereocenters. The van der Waals surface area contributed by atoms with Crippen molar-refractivity contribution in [2.24, 2.45) is 5.92 Å². The summed E-state index contributed by atoms with van der Waals surface area (Å²) in [6.07, 6.45) is 7.61. The predicted molar refractivity (Wildman–Crippen MR) is 142 cm³/mol. The Hall–Kier alpha value is -2.12. The number of nitrogens with zero attached hydrogens (tertiary/aromatic N) is 3. The maximum Gasteiger partial charge on any atom is 0.230 e. The van der Waals surface area contributed by atoms with Crippen LogP contribution >= 0.6 is 15.9 Å². The Balaban J connectivity index is 1.30. The van der Waals surface area contributed by atoms with Gasteiger partial charge in [-0.05, 0) is 61.6 Å². The number of benzene rings is 2. The molecule has 2 aliphatic heterocycles. The molecule has 188 valence electrons. The Morgan fingerprint density at radius 3 is 2.49 bits per heavy atom. The van der Waals surface area contributed by atoms with E-state index >= 15 is 0 Å². The molecule has 1 amide bonds. The molecule has 0 N–H and O–H groups in total. The van der Waals surface area contributed by atoms with Crippen LogP contribution < -0.4 is 14.5 Å². The van der Waals surface area contributed by atoms with Crippen molar-refractivity contribution < 1.29 is 13.9 Å². The normalized spacial score (nSPS) is 21.6. The zero-order valence-corrected chi connectivity index (χ0v) is 22.1. The third-order valence-corrected chi connectivity index (χ3v) is 8.42. The number of ether oxygens (including phenoxy) is 1. The summed E-state index contributed by atoms with van der Waals surface area (Å²) in [5, 5.41) is 0. The first-order chi connectivity index (χ1) is 17.0. The van der Waals surface area contributed by atoms with Crippen LogP contribution in [0.1, 0.15) is 44.1 Å². The molecule has 35 heavy (non-hydrogen) atoms. The number of fused-ring (bicyclic) bond motifs is 1. The van der Waals surface area contributed by atoms with E-state index in [1.54, 1.807) is 7.11 Å². The number of carbonyl (C=O) groups excluding carboxylic acids is 1. The Bertz CT molecular complexity index is 1050. The van der Waals surface area contributed by atoms with Crippen LogP contribution in [-0.4, -0.2) is 56.7 Å². The van der Waals surface area contributed by atoms with Gasteiger partial charge in [0.15, 0.2) is 0 Å². The summed E-state index contributed by atoms with van der Waals surface area (Å²) in [5.74, 6) is 0.783. The van der Waals surface area contributed by atoms with E-state index in [-0.39, 0.29) is 17.8 Å². The van der Waals surface area contributed by atoms with Crippen molar-refractivity contribution in [1.29, 1.82) is 0 Å². The largest absolute Gasteiger partial charge is 0.494 e. The van der Waals surface area contributed by atoms with E-state index in [0.29, 0.717) is 11.7 Å². The van der Waals surface area contributed by atoms with Crippen LogP contribution in [-0.2, 0) is 11.2 Å². The SMILES string of the molecule is COc1cc(F)ccc1N1CCN(CC2CCc3cc(Br)ccc3N2C(=O)C2CCCCC2)CC1. The van der Waals surface area contributed by atoms with Crippen LogP contribution in [0.4, 0.5) is 15.8 Å². The van der Waals surface area contributed by atoms with Crippen LogP contribution in [0.3, 0.4) is 0 Å². The Morgan fingerprint density at radius 2 is 1.74 bits per heavy atom. The first kappa shape index (κ1) is 24.6. The zero-order valence-electron chi connectivity index (χ0n) is 20.5. The molecule has 1 aliphatic carbocycles. The summed E-state index contributed by atoms with van der Waals surface area (Å²) in [6, 6.07) is 11.3. The molecule has 0 radical (unpaired) electrons. The molecule has 0 aromatic heterocycles. The highest BCUT2D eigenvalue weighted by Crippen LogP contribution is 2.37. The molecule has 1 saturated heterocycles. The van der Waals surface area contributed by atoms with Gasteiger partial charge in [-0.3, -0.25) is 9.69 Å². The molecule has 1 saturated carbocycles. The Labute approximate surface area is 216 Å². The minimum Gasteiger partial charge on any atom is -0.494 e. The number of anilines is 2. The van der Waals surface area contributed by atoms with Gasteiger partial charge in [-0.15, -0.1) is 0 Å². The van der Waals surface area contributed by atoms with Crippen LogP contribution in [0.25, 0.3) is 0 Å². The van der Waals surface area contributed by atoms with Crippen molar-refractivity contribution in [3.8, 4) is 5.75 Å². The summed E-state index contributed by atoms with van der Waals surface area (Å²) in [4.78, 5) is 20.8. The molecule has 5 rings (SSSR count).